The molecule has 0 bridgehead atoms. The molecule has 0 aliphatic heterocycles. The van der Waals surface area contributed by atoms with Gasteiger partial charge in [-0.1, -0.05) is 6.07 Å². The fourth-order valence-corrected chi connectivity index (χ4v) is 3.19. The molecule has 2 heterocycles. The molecule has 1 atom stereocenters. The second-order valence-corrected chi connectivity index (χ2v) is 6.54. The summed E-state index contributed by atoms with van der Waals surface area (Å²) in [5.41, 5.74) is 0. The molecule has 2 aromatic heterocycles. The van der Waals surface area contributed by atoms with Crippen LogP contribution in [0.2, 0.25) is 0 Å². The van der Waals surface area contributed by atoms with E-state index in [9.17, 15) is 4.79 Å². The van der Waals surface area contributed by atoms with Gasteiger partial charge < -0.3 is 4.42 Å². The Morgan fingerprint density at radius 2 is 2.45 bits per heavy atom. The second kappa shape index (κ2) is 6.46. The van der Waals surface area contributed by atoms with Gasteiger partial charge in [-0.05, 0) is 37.1 Å². The van der Waals surface area contributed by atoms with E-state index in [1.807, 2.05) is 17.5 Å². The van der Waals surface area contributed by atoms with E-state index in [4.69, 9.17) is 9.68 Å². The molecule has 7 heteroatoms. The van der Waals surface area contributed by atoms with Crippen molar-refractivity contribution >= 4 is 11.3 Å². The zero-order valence-corrected chi connectivity index (χ0v) is 13.3. The lowest BCUT2D eigenvalue weighted by molar-refractivity contribution is 0.137. The van der Waals surface area contributed by atoms with Crippen molar-refractivity contribution in [3.63, 3.8) is 0 Å². The molecule has 1 aliphatic carbocycles. The molecule has 6 nitrogen and oxygen atoms in total. The highest BCUT2D eigenvalue weighted by atomic mass is 32.1. The summed E-state index contributed by atoms with van der Waals surface area (Å²) in [5, 5.41) is 15.0. The van der Waals surface area contributed by atoms with Gasteiger partial charge in [0.25, 0.3) is 5.89 Å². The first-order chi connectivity index (χ1) is 10.7. The summed E-state index contributed by atoms with van der Waals surface area (Å²) in [7, 11) is 0. The van der Waals surface area contributed by atoms with Gasteiger partial charge in [0.05, 0.1) is 10.9 Å². The molecule has 1 fully saturated rings. The average molecular weight is 318 g/mol. The van der Waals surface area contributed by atoms with Crippen molar-refractivity contribution in [1.29, 1.82) is 5.26 Å². The minimum atomic E-state index is -0.451. The first-order valence-electron chi connectivity index (χ1n) is 7.42. The summed E-state index contributed by atoms with van der Waals surface area (Å²) in [4.78, 5) is 15.0. The number of thiophene rings is 1. The summed E-state index contributed by atoms with van der Waals surface area (Å²) in [5.74, 6) is 0.575. The van der Waals surface area contributed by atoms with Crippen LogP contribution >= 0.6 is 11.3 Å². The molecule has 3 rings (SSSR count). The molecule has 0 aromatic carbocycles. The fourth-order valence-electron chi connectivity index (χ4n) is 2.54. The Morgan fingerprint density at radius 1 is 1.64 bits per heavy atom. The van der Waals surface area contributed by atoms with Gasteiger partial charge in [0.15, 0.2) is 0 Å². The number of hydrogen-bond donors (Lipinski definition) is 0. The highest BCUT2D eigenvalue weighted by molar-refractivity contribution is 7.13. The van der Waals surface area contributed by atoms with Crippen LogP contribution in [0.3, 0.4) is 0 Å². The van der Waals surface area contributed by atoms with Gasteiger partial charge in [0.1, 0.15) is 6.67 Å². The minimum Gasteiger partial charge on any atom is -0.387 e. The van der Waals surface area contributed by atoms with Crippen LogP contribution in [-0.4, -0.2) is 27.3 Å². The zero-order chi connectivity index (χ0) is 15.5. The van der Waals surface area contributed by atoms with Crippen LogP contribution in [0.4, 0.5) is 0 Å². The van der Waals surface area contributed by atoms with Crippen LogP contribution in [0.5, 0.6) is 0 Å². The molecule has 0 radical (unpaired) electrons. The topological polar surface area (TPSA) is 75.1 Å². The van der Waals surface area contributed by atoms with Crippen LogP contribution in [0.25, 0.3) is 10.8 Å². The van der Waals surface area contributed by atoms with E-state index < -0.39 is 5.76 Å². The van der Waals surface area contributed by atoms with E-state index in [0.29, 0.717) is 37.5 Å². The van der Waals surface area contributed by atoms with Crippen molar-refractivity contribution in [2.24, 2.45) is 5.92 Å². The Kier molecular flexibility index (Phi) is 4.41. The fraction of sp³-hybridized carbons (Fsp3) is 0.533. The van der Waals surface area contributed by atoms with Gasteiger partial charge >= 0.3 is 5.76 Å². The first kappa shape index (κ1) is 15.0. The van der Waals surface area contributed by atoms with Gasteiger partial charge in [-0.25, -0.2) is 4.79 Å². The minimum absolute atomic E-state index is 0.349. The predicted octanol–water partition coefficient (Wildman–Crippen LogP) is 2.54. The summed E-state index contributed by atoms with van der Waals surface area (Å²) >= 11 is 1.49. The second-order valence-electron chi connectivity index (χ2n) is 5.59. The van der Waals surface area contributed by atoms with Crippen molar-refractivity contribution in [3.8, 4) is 16.8 Å². The van der Waals surface area contributed by atoms with Crippen LogP contribution < -0.4 is 5.76 Å². The highest BCUT2D eigenvalue weighted by Gasteiger charge is 2.32. The number of aromatic nitrogens is 2. The molecule has 1 saturated carbocycles. The van der Waals surface area contributed by atoms with Crippen LogP contribution in [0, 0.1) is 17.2 Å². The SMILES string of the molecule is CC(C1CC1)N(CCC#N)Cn1nc(-c2cccs2)oc1=O. The maximum Gasteiger partial charge on any atom is 0.438 e. The lowest BCUT2D eigenvalue weighted by Crippen LogP contribution is -2.39. The predicted molar refractivity (Wildman–Crippen MR) is 83.2 cm³/mol. The molecular weight excluding hydrogens is 300 g/mol. The van der Waals surface area contributed by atoms with Gasteiger partial charge in [0.2, 0.25) is 0 Å². The summed E-state index contributed by atoms with van der Waals surface area (Å²) in [6, 6.07) is 6.29. The Bertz CT molecular complexity index is 709. The van der Waals surface area contributed by atoms with Crippen molar-refractivity contribution in [2.45, 2.75) is 38.9 Å². The van der Waals surface area contributed by atoms with Crippen molar-refractivity contribution in [2.75, 3.05) is 6.54 Å². The third-order valence-corrected chi connectivity index (χ3v) is 4.90. The number of nitrogens with zero attached hydrogens (tertiary/aromatic N) is 4. The van der Waals surface area contributed by atoms with Gasteiger partial charge in [0, 0.05) is 19.0 Å². The average Bonchev–Trinajstić information content (AvgIpc) is 3.09. The Balaban J connectivity index is 1.77. The molecule has 0 amide bonds. The normalized spacial score (nSPS) is 15.9. The lowest BCUT2D eigenvalue weighted by atomic mass is 10.2. The summed E-state index contributed by atoms with van der Waals surface area (Å²) < 4.78 is 6.59. The summed E-state index contributed by atoms with van der Waals surface area (Å²) in [6.45, 7) is 3.16. The van der Waals surface area contributed by atoms with Crippen LogP contribution in [-0.2, 0) is 6.67 Å². The maximum absolute atomic E-state index is 12.0. The van der Waals surface area contributed by atoms with Gasteiger partial charge in [-0.2, -0.15) is 9.94 Å². The quantitative estimate of drug-likeness (QED) is 0.784. The van der Waals surface area contributed by atoms with E-state index in [-0.39, 0.29) is 0 Å². The zero-order valence-electron chi connectivity index (χ0n) is 12.4. The molecule has 1 aliphatic rings. The third kappa shape index (κ3) is 3.29. The molecular formula is C15H18N4O2S. The van der Waals surface area contributed by atoms with E-state index >= 15 is 0 Å². The molecule has 2 aromatic rings. The van der Waals surface area contributed by atoms with E-state index in [1.165, 1.54) is 28.9 Å². The molecule has 22 heavy (non-hydrogen) atoms. The largest absolute Gasteiger partial charge is 0.438 e. The van der Waals surface area contributed by atoms with Crippen molar-refractivity contribution in [3.05, 3.63) is 28.1 Å². The molecule has 0 N–H and O–H groups in total. The Morgan fingerprint density at radius 3 is 3.09 bits per heavy atom. The Labute approximate surface area is 132 Å². The van der Waals surface area contributed by atoms with E-state index in [2.05, 4.69) is 23.0 Å². The van der Waals surface area contributed by atoms with Gasteiger partial charge in [-0.3, -0.25) is 4.90 Å². The third-order valence-electron chi connectivity index (χ3n) is 4.04. The van der Waals surface area contributed by atoms with Gasteiger partial charge in [-0.15, -0.1) is 16.4 Å². The lowest BCUT2D eigenvalue weighted by Gasteiger charge is -2.27. The maximum atomic E-state index is 12.0. The Hall–Kier alpha value is -1.91. The van der Waals surface area contributed by atoms with E-state index in [0.717, 1.165) is 4.88 Å². The standard InChI is InChI=1S/C15H18N4O2S/c1-11(12-5-6-12)18(8-3-7-16)10-19-15(20)21-14(17-19)13-4-2-9-22-13/h2,4,9,11-12H,3,5-6,8,10H2,1H3. The smallest absolute Gasteiger partial charge is 0.387 e. The monoisotopic (exact) mass is 318 g/mol. The molecule has 116 valence electrons. The molecule has 0 spiro atoms. The molecule has 0 saturated heterocycles. The van der Waals surface area contributed by atoms with Crippen LogP contribution in [0.15, 0.2) is 26.7 Å². The summed E-state index contributed by atoms with van der Waals surface area (Å²) in [6.07, 6.45) is 2.89. The number of nitriles is 1. The van der Waals surface area contributed by atoms with E-state index in [1.54, 1.807) is 0 Å². The van der Waals surface area contributed by atoms with Crippen molar-refractivity contribution in [1.82, 2.24) is 14.7 Å². The molecule has 1 unspecified atom stereocenters. The first-order valence-corrected chi connectivity index (χ1v) is 8.30. The number of rotatable bonds is 7. The number of hydrogen-bond acceptors (Lipinski definition) is 6. The van der Waals surface area contributed by atoms with Crippen LogP contribution in [0.1, 0.15) is 26.2 Å². The van der Waals surface area contributed by atoms with Crippen molar-refractivity contribution < 1.29 is 4.42 Å². The highest BCUT2D eigenvalue weighted by Crippen LogP contribution is 2.35.